The van der Waals surface area contributed by atoms with Gasteiger partial charge in [0.25, 0.3) is 0 Å². The van der Waals surface area contributed by atoms with E-state index >= 15 is 0 Å². The average Bonchev–Trinajstić information content (AvgIpc) is 3.04. The number of anilines is 1. The topological polar surface area (TPSA) is 83.5 Å². The molecule has 1 N–H and O–H groups in total. The van der Waals surface area contributed by atoms with Crippen molar-refractivity contribution in [2.24, 2.45) is 0 Å². The van der Waals surface area contributed by atoms with Crippen molar-refractivity contribution < 1.29 is 13.9 Å². The van der Waals surface area contributed by atoms with Crippen LogP contribution < -0.4 is 10.1 Å². The third-order valence-corrected chi connectivity index (χ3v) is 4.34. The summed E-state index contributed by atoms with van der Waals surface area (Å²) in [5.74, 6) is 1.62. The zero-order valence-corrected chi connectivity index (χ0v) is 15.2. The molecule has 0 bridgehead atoms. The van der Waals surface area contributed by atoms with Crippen molar-refractivity contribution in [2.75, 3.05) is 44.7 Å². The number of nitrogens with zero attached hydrogens (tertiary/aromatic N) is 3. The quantitative estimate of drug-likeness (QED) is 0.816. The average molecular weight is 356 g/mol. The minimum absolute atomic E-state index is 0.186. The number of rotatable bonds is 7. The van der Waals surface area contributed by atoms with Gasteiger partial charge in [-0.3, -0.25) is 4.90 Å². The van der Waals surface area contributed by atoms with Crippen LogP contribution in [-0.4, -0.2) is 49.3 Å². The molecule has 26 heavy (non-hydrogen) atoms. The Kier molecular flexibility index (Phi) is 6.10. The molecule has 0 unspecified atom stereocenters. The van der Waals surface area contributed by atoms with E-state index in [2.05, 4.69) is 21.3 Å². The van der Waals surface area contributed by atoms with Crippen LogP contribution in [0.5, 0.6) is 5.75 Å². The summed E-state index contributed by atoms with van der Waals surface area (Å²) < 4.78 is 16.9. The highest BCUT2D eigenvalue weighted by atomic mass is 16.5. The third-order valence-electron chi connectivity index (χ3n) is 4.34. The molecule has 1 aliphatic heterocycles. The van der Waals surface area contributed by atoms with Gasteiger partial charge < -0.3 is 19.2 Å². The molecule has 2 heterocycles. The highest BCUT2D eigenvalue weighted by Crippen LogP contribution is 2.24. The fourth-order valence-corrected chi connectivity index (χ4v) is 2.93. The van der Waals surface area contributed by atoms with Gasteiger partial charge in [-0.05, 0) is 25.0 Å². The number of para-hydroxylation sites is 1. The Labute approximate surface area is 153 Å². The van der Waals surface area contributed by atoms with Gasteiger partial charge in [0.1, 0.15) is 11.8 Å². The zero-order valence-electron chi connectivity index (χ0n) is 15.2. The van der Waals surface area contributed by atoms with Crippen LogP contribution in [0.4, 0.5) is 5.88 Å². The monoisotopic (exact) mass is 356 g/mol. The lowest BCUT2D eigenvalue weighted by molar-refractivity contribution is 0.0398. The molecule has 7 nitrogen and oxygen atoms in total. The first-order chi connectivity index (χ1) is 12.7. The number of hydrogen-bond donors (Lipinski definition) is 1. The van der Waals surface area contributed by atoms with E-state index in [1.165, 1.54) is 0 Å². The number of hydrogen-bond acceptors (Lipinski definition) is 7. The summed E-state index contributed by atoms with van der Waals surface area (Å²) in [6.45, 7) is 9.12. The van der Waals surface area contributed by atoms with Crippen molar-refractivity contribution in [1.82, 2.24) is 9.88 Å². The summed E-state index contributed by atoms with van der Waals surface area (Å²) in [6, 6.07) is 8.06. The lowest BCUT2D eigenvalue weighted by Gasteiger charge is -2.26. The highest BCUT2D eigenvalue weighted by Gasteiger charge is 2.15. The molecule has 0 spiro atoms. The Bertz CT molecular complexity index is 755. The maximum absolute atomic E-state index is 9.27. The predicted molar refractivity (Wildman–Crippen MR) is 97.2 cm³/mol. The van der Waals surface area contributed by atoms with E-state index in [0.717, 1.165) is 49.7 Å². The SMILES string of the molecule is Cc1cccc(C)c1OCc1nc(C#N)c(NCCN2CCOCC2)o1. The van der Waals surface area contributed by atoms with Crippen molar-refractivity contribution in [3.05, 3.63) is 40.9 Å². The molecule has 1 fully saturated rings. The van der Waals surface area contributed by atoms with Crippen molar-refractivity contribution in [3.8, 4) is 11.8 Å². The standard InChI is InChI=1S/C19H24N4O3/c1-14-4-3-5-15(2)18(14)25-13-17-22-16(12-20)19(26-17)21-6-7-23-8-10-24-11-9-23/h3-5,21H,6-11,13H2,1-2H3. The van der Waals surface area contributed by atoms with E-state index in [1.54, 1.807) is 0 Å². The van der Waals surface area contributed by atoms with Crippen LogP contribution in [0.25, 0.3) is 0 Å². The van der Waals surface area contributed by atoms with Gasteiger partial charge in [-0.2, -0.15) is 10.2 Å². The number of aryl methyl sites for hydroxylation is 2. The number of oxazole rings is 1. The molecule has 1 aromatic carbocycles. The second kappa shape index (κ2) is 8.70. The van der Waals surface area contributed by atoms with Gasteiger partial charge in [-0.25, -0.2) is 0 Å². The first-order valence-electron chi connectivity index (χ1n) is 8.80. The molecule has 0 aliphatic carbocycles. The largest absolute Gasteiger partial charge is 0.483 e. The Balaban J connectivity index is 1.57. The molecule has 0 radical (unpaired) electrons. The van der Waals surface area contributed by atoms with Crippen molar-refractivity contribution >= 4 is 5.88 Å². The molecule has 7 heteroatoms. The molecule has 0 saturated carbocycles. The molecule has 1 aliphatic rings. The molecule has 3 rings (SSSR count). The highest BCUT2D eigenvalue weighted by molar-refractivity contribution is 5.45. The second-order valence-electron chi connectivity index (χ2n) is 6.29. The van der Waals surface area contributed by atoms with Gasteiger partial charge in [-0.15, -0.1) is 0 Å². The normalized spacial score (nSPS) is 14.8. The summed E-state index contributed by atoms with van der Waals surface area (Å²) in [5.41, 5.74) is 2.37. The molecule has 1 saturated heterocycles. The lowest BCUT2D eigenvalue weighted by atomic mass is 10.1. The molecule has 1 aromatic heterocycles. The van der Waals surface area contributed by atoms with E-state index in [0.29, 0.717) is 18.3 Å². The summed E-state index contributed by atoms with van der Waals surface area (Å²) in [5, 5.41) is 12.4. The Morgan fingerprint density at radius 3 is 2.69 bits per heavy atom. The smallest absolute Gasteiger partial charge is 0.236 e. The van der Waals surface area contributed by atoms with Crippen molar-refractivity contribution in [3.63, 3.8) is 0 Å². The van der Waals surface area contributed by atoms with Crippen LogP contribution >= 0.6 is 0 Å². The Morgan fingerprint density at radius 1 is 1.27 bits per heavy atom. The van der Waals surface area contributed by atoms with Crippen LogP contribution in [-0.2, 0) is 11.3 Å². The summed E-state index contributed by atoms with van der Waals surface area (Å²) in [4.78, 5) is 6.53. The number of ether oxygens (including phenoxy) is 2. The van der Waals surface area contributed by atoms with Crippen LogP contribution in [0.1, 0.15) is 22.7 Å². The van der Waals surface area contributed by atoms with Crippen LogP contribution in [0.15, 0.2) is 22.6 Å². The van der Waals surface area contributed by atoms with Gasteiger partial charge in [0.15, 0.2) is 6.61 Å². The minimum atomic E-state index is 0.186. The van der Waals surface area contributed by atoms with Crippen molar-refractivity contribution in [1.29, 1.82) is 5.26 Å². The molecular weight excluding hydrogens is 332 g/mol. The van der Waals surface area contributed by atoms with Crippen LogP contribution in [0.3, 0.4) is 0 Å². The number of nitrogens with one attached hydrogen (secondary N) is 1. The Hall–Kier alpha value is -2.56. The van der Waals surface area contributed by atoms with Gasteiger partial charge in [0.2, 0.25) is 17.5 Å². The molecule has 2 aromatic rings. The lowest BCUT2D eigenvalue weighted by Crippen LogP contribution is -2.39. The second-order valence-corrected chi connectivity index (χ2v) is 6.29. The molecule has 138 valence electrons. The fraction of sp³-hybridized carbons (Fsp3) is 0.474. The summed E-state index contributed by atoms with van der Waals surface area (Å²) in [7, 11) is 0. The molecule has 0 atom stereocenters. The van der Waals surface area contributed by atoms with Crippen LogP contribution in [0.2, 0.25) is 0 Å². The summed E-state index contributed by atoms with van der Waals surface area (Å²) in [6.07, 6.45) is 0. The van der Waals surface area contributed by atoms with Gasteiger partial charge in [0.05, 0.1) is 13.2 Å². The third kappa shape index (κ3) is 4.54. The van der Waals surface area contributed by atoms with Gasteiger partial charge >= 0.3 is 0 Å². The van der Waals surface area contributed by atoms with Crippen molar-refractivity contribution in [2.45, 2.75) is 20.5 Å². The zero-order chi connectivity index (χ0) is 18.4. The first kappa shape index (κ1) is 18.2. The van der Waals surface area contributed by atoms with E-state index in [4.69, 9.17) is 13.9 Å². The molecular formula is C19H24N4O3. The maximum Gasteiger partial charge on any atom is 0.236 e. The van der Waals surface area contributed by atoms with E-state index in [9.17, 15) is 5.26 Å². The van der Waals surface area contributed by atoms with E-state index in [1.807, 2.05) is 32.0 Å². The Morgan fingerprint density at radius 2 is 2.00 bits per heavy atom. The number of benzene rings is 1. The fourth-order valence-electron chi connectivity index (χ4n) is 2.93. The molecule has 0 amide bonds. The maximum atomic E-state index is 9.27. The van der Waals surface area contributed by atoms with Gasteiger partial charge in [-0.1, -0.05) is 18.2 Å². The van der Waals surface area contributed by atoms with Crippen LogP contribution in [0, 0.1) is 25.2 Å². The number of morpholine rings is 1. The van der Waals surface area contributed by atoms with E-state index < -0.39 is 0 Å². The van der Waals surface area contributed by atoms with Gasteiger partial charge in [0, 0.05) is 26.2 Å². The first-order valence-corrected chi connectivity index (χ1v) is 8.80. The minimum Gasteiger partial charge on any atom is -0.483 e. The summed E-state index contributed by atoms with van der Waals surface area (Å²) >= 11 is 0. The number of aromatic nitrogens is 1. The number of nitriles is 1. The predicted octanol–water partition coefficient (Wildman–Crippen LogP) is 2.49. The van der Waals surface area contributed by atoms with E-state index in [-0.39, 0.29) is 12.3 Å².